The molecular weight excluding hydrogens is 348 g/mol. The van der Waals surface area contributed by atoms with Crippen molar-refractivity contribution >= 4 is 11.8 Å². The molecule has 0 bridgehead atoms. The molecule has 1 saturated heterocycles. The van der Waals surface area contributed by atoms with E-state index in [0.29, 0.717) is 50.7 Å². The van der Waals surface area contributed by atoms with Gasteiger partial charge in [0.25, 0.3) is 0 Å². The van der Waals surface area contributed by atoms with Crippen LogP contribution >= 0.6 is 0 Å². The molecule has 1 fully saturated rings. The van der Waals surface area contributed by atoms with Crippen LogP contribution in [0, 0.1) is 6.92 Å². The number of amides is 2. The second kappa shape index (κ2) is 8.77. The lowest BCUT2D eigenvalue weighted by molar-refractivity contribution is -0.141. The minimum absolute atomic E-state index is 0.0314. The maximum absolute atomic E-state index is 12.4. The van der Waals surface area contributed by atoms with Gasteiger partial charge in [-0.05, 0) is 6.92 Å². The highest BCUT2D eigenvalue weighted by atomic mass is 16.5. The van der Waals surface area contributed by atoms with Crippen LogP contribution in [0.15, 0.2) is 28.8 Å². The van der Waals surface area contributed by atoms with Gasteiger partial charge in [0, 0.05) is 51.7 Å². The van der Waals surface area contributed by atoms with Crippen LogP contribution in [-0.2, 0) is 20.7 Å². The van der Waals surface area contributed by atoms with Gasteiger partial charge in [-0.15, -0.1) is 0 Å². The van der Waals surface area contributed by atoms with E-state index in [-0.39, 0.29) is 18.4 Å². The Morgan fingerprint density at radius 1 is 1.07 bits per heavy atom. The Bertz CT molecular complexity index is 779. The fourth-order valence-corrected chi connectivity index (χ4v) is 2.97. The van der Waals surface area contributed by atoms with Gasteiger partial charge < -0.3 is 19.1 Å². The molecule has 144 valence electrons. The smallest absolute Gasteiger partial charge is 0.248 e. The van der Waals surface area contributed by atoms with Crippen molar-refractivity contribution in [2.24, 2.45) is 0 Å². The van der Waals surface area contributed by atoms with Crippen LogP contribution in [0.5, 0.6) is 0 Å². The molecule has 8 nitrogen and oxygen atoms in total. The molecule has 0 spiro atoms. The zero-order valence-corrected chi connectivity index (χ0v) is 15.7. The number of hydrogen-bond acceptors (Lipinski definition) is 6. The quantitative estimate of drug-likeness (QED) is 0.759. The van der Waals surface area contributed by atoms with E-state index in [1.807, 2.05) is 31.2 Å². The van der Waals surface area contributed by atoms with Crippen LogP contribution in [0.4, 0.5) is 0 Å². The fraction of sp³-hybridized carbons (Fsp3) is 0.474. The fourth-order valence-electron chi connectivity index (χ4n) is 2.97. The van der Waals surface area contributed by atoms with E-state index in [0.717, 1.165) is 11.1 Å². The highest BCUT2D eigenvalue weighted by molar-refractivity contribution is 5.79. The predicted octanol–water partition coefficient (Wildman–Crippen LogP) is 1.29. The van der Waals surface area contributed by atoms with E-state index >= 15 is 0 Å². The van der Waals surface area contributed by atoms with Gasteiger partial charge in [0.2, 0.25) is 23.5 Å². The van der Waals surface area contributed by atoms with Gasteiger partial charge in [-0.2, -0.15) is 4.98 Å². The average Bonchev–Trinajstić information content (AvgIpc) is 3.16. The predicted molar refractivity (Wildman–Crippen MR) is 97.8 cm³/mol. The maximum atomic E-state index is 12.4. The summed E-state index contributed by atoms with van der Waals surface area (Å²) >= 11 is 0. The number of methoxy groups -OCH3 is 1. The van der Waals surface area contributed by atoms with Gasteiger partial charge in [0.15, 0.2) is 0 Å². The van der Waals surface area contributed by atoms with Crippen molar-refractivity contribution in [3.05, 3.63) is 35.7 Å². The van der Waals surface area contributed by atoms with Gasteiger partial charge >= 0.3 is 0 Å². The molecule has 8 heteroatoms. The Labute approximate surface area is 158 Å². The average molecular weight is 372 g/mol. The summed E-state index contributed by atoms with van der Waals surface area (Å²) in [7, 11) is 1.50. The Morgan fingerprint density at radius 2 is 1.70 bits per heavy atom. The summed E-state index contributed by atoms with van der Waals surface area (Å²) in [6, 6.07) is 7.87. The molecule has 0 atom stereocenters. The van der Waals surface area contributed by atoms with Gasteiger partial charge in [-0.3, -0.25) is 9.59 Å². The number of rotatable bonds is 6. The van der Waals surface area contributed by atoms with Gasteiger partial charge in [0.1, 0.15) is 6.61 Å². The van der Waals surface area contributed by atoms with E-state index in [4.69, 9.17) is 9.26 Å². The summed E-state index contributed by atoms with van der Waals surface area (Å²) in [5, 5.41) is 3.99. The first-order valence-corrected chi connectivity index (χ1v) is 9.01. The molecule has 0 radical (unpaired) electrons. The molecule has 1 aliphatic heterocycles. The summed E-state index contributed by atoms with van der Waals surface area (Å²) in [6.07, 6.45) is 0.710. The first kappa shape index (κ1) is 19.0. The molecule has 2 heterocycles. The monoisotopic (exact) mass is 372 g/mol. The van der Waals surface area contributed by atoms with Crippen molar-refractivity contribution in [1.29, 1.82) is 0 Å². The Hall–Kier alpha value is -2.74. The third-order valence-corrected chi connectivity index (χ3v) is 4.58. The second-order valence-corrected chi connectivity index (χ2v) is 6.57. The molecule has 2 aromatic rings. The number of carbonyl (C=O) groups is 2. The summed E-state index contributed by atoms with van der Waals surface area (Å²) in [4.78, 5) is 32.0. The minimum Gasteiger partial charge on any atom is -0.375 e. The number of carbonyl (C=O) groups excluding carboxylic acids is 2. The Kier molecular flexibility index (Phi) is 6.18. The van der Waals surface area contributed by atoms with Crippen molar-refractivity contribution in [3.63, 3.8) is 0 Å². The van der Waals surface area contributed by atoms with Crippen molar-refractivity contribution in [3.8, 4) is 11.4 Å². The number of nitrogens with zero attached hydrogens (tertiary/aromatic N) is 4. The number of aromatic nitrogens is 2. The third-order valence-electron chi connectivity index (χ3n) is 4.58. The van der Waals surface area contributed by atoms with E-state index in [1.165, 1.54) is 7.11 Å². The number of piperazine rings is 1. The van der Waals surface area contributed by atoms with E-state index in [9.17, 15) is 9.59 Å². The lowest BCUT2D eigenvalue weighted by Crippen LogP contribution is -2.51. The molecule has 2 amide bonds. The van der Waals surface area contributed by atoms with Crippen molar-refractivity contribution in [2.45, 2.75) is 19.8 Å². The van der Waals surface area contributed by atoms with Crippen LogP contribution in [0.25, 0.3) is 11.4 Å². The molecule has 0 saturated carbocycles. The second-order valence-electron chi connectivity index (χ2n) is 6.57. The Morgan fingerprint density at radius 3 is 2.33 bits per heavy atom. The van der Waals surface area contributed by atoms with E-state index in [1.54, 1.807) is 9.80 Å². The SMILES string of the molecule is COCC(=O)N1CCN(C(=O)CCc2nc(-c3ccc(C)cc3)no2)CC1. The molecule has 1 aromatic heterocycles. The van der Waals surface area contributed by atoms with Gasteiger partial charge in [0.05, 0.1) is 0 Å². The maximum Gasteiger partial charge on any atom is 0.248 e. The molecule has 1 aliphatic rings. The largest absolute Gasteiger partial charge is 0.375 e. The zero-order valence-electron chi connectivity index (χ0n) is 15.7. The summed E-state index contributed by atoms with van der Waals surface area (Å²) in [5.41, 5.74) is 2.05. The van der Waals surface area contributed by atoms with Crippen LogP contribution in [0.2, 0.25) is 0 Å². The molecule has 3 rings (SSSR count). The first-order valence-electron chi connectivity index (χ1n) is 9.01. The van der Waals surface area contributed by atoms with Crippen molar-refractivity contribution in [2.75, 3.05) is 39.9 Å². The summed E-state index contributed by atoms with van der Waals surface area (Å²) < 4.78 is 10.1. The van der Waals surface area contributed by atoms with Gasteiger partial charge in [-0.25, -0.2) is 0 Å². The standard InChI is InChI=1S/C19H24N4O4/c1-14-3-5-15(6-4-14)19-20-16(27-21-19)7-8-17(24)22-9-11-23(12-10-22)18(25)13-26-2/h3-6H,7-13H2,1-2H3. The highest BCUT2D eigenvalue weighted by Crippen LogP contribution is 2.17. The molecule has 1 aromatic carbocycles. The molecule has 0 N–H and O–H groups in total. The van der Waals surface area contributed by atoms with E-state index in [2.05, 4.69) is 10.1 Å². The normalized spacial score (nSPS) is 14.4. The van der Waals surface area contributed by atoms with Gasteiger partial charge in [-0.1, -0.05) is 35.0 Å². The first-order chi connectivity index (χ1) is 13.1. The zero-order chi connectivity index (χ0) is 19.2. The molecule has 0 aliphatic carbocycles. The number of hydrogen-bond donors (Lipinski definition) is 0. The topological polar surface area (TPSA) is 88.8 Å². The molecule has 0 unspecified atom stereocenters. The summed E-state index contributed by atoms with van der Waals surface area (Å²) in [6.45, 7) is 4.23. The summed E-state index contributed by atoms with van der Waals surface area (Å²) in [5.74, 6) is 0.971. The highest BCUT2D eigenvalue weighted by Gasteiger charge is 2.24. The third kappa shape index (κ3) is 4.91. The van der Waals surface area contributed by atoms with Crippen molar-refractivity contribution in [1.82, 2.24) is 19.9 Å². The lowest BCUT2D eigenvalue weighted by atomic mass is 10.1. The van der Waals surface area contributed by atoms with Crippen LogP contribution in [0.1, 0.15) is 17.9 Å². The number of ether oxygens (including phenoxy) is 1. The van der Waals surface area contributed by atoms with Crippen LogP contribution < -0.4 is 0 Å². The Balaban J connectivity index is 1.47. The number of benzene rings is 1. The minimum atomic E-state index is -0.0425. The number of aryl methyl sites for hydroxylation is 2. The van der Waals surface area contributed by atoms with E-state index < -0.39 is 0 Å². The van der Waals surface area contributed by atoms with Crippen molar-refractivity contribution < 1.29 is 18.8 Å². The molecule has 27 heavy (non-hydrogen) atoms. The molecular formula is C19H24N4O4. The van der Waals surface area contributed by atoms with Crippen LogP contribution in [0.3, 0.4) is 0 Å². The lowest BCUT2D eigenvalue weighted by Gasteiger charge is -2.34. The van der Waals surface area contributed by atoms with Crippen LogP contribution in [-0.4, -0.2) is 71.7 Å².